The Labute approximate surface area is 140 Å². The van der Waals surface area contributed by atoms with Crippen molar-refractivity contribution >= 4 is 22.6 Å². The number of ether oxygens (including phenoxy) is 3. The number of cyclic esters (lactones) is 1. The Kier molecular flexibility index (Phi) is 4.54. The summed E-state index contributed by atoms with van der Waals surface area (Å²) < 4.78 is 15.8. The minimum Gasteiger partial charge on any atom is -0.476 e. The third-order valence-corrected chi connectivity index (χ3v) is 3.83. The van der Waals surface area contributed by atoms with Crippen molar-refractivity contribution < 1.29 is 19.0 Å². The fourth-order valence-electron chi connectivity index (χ4n) is 2.69. The Hall–Kier alpha value is -2.78. The summed E-state index contributed by atoms with van der Waals surface area (Å²) in [7, 11) is 1.58. The van der Waals surface area contributed by atoms with E-state index in [9.17, 15) is 4.79 Å². The zero-order chi connectivity index (χ0) is 17.1. The number of rotatable bonds is 5. The van der Waals surface area contributed by atoms with Crippen LogP contribution in [0.1, 0.15) is 6.92 Å². The number of nitrogens with zero attached hydrogens (tertiary/aromatic N) is 2. The van der Waals surface area contributed by atoms with Gasteiger partial charge >= 0.3 is 6.09 Å². The Balaban J connectivity index is 1.83. The molecule has 0 aliphatic carbocycles. The van der Waals surface area contributed by atoms with Gasteiger partial charge in [-0.25, -0.2) is 4.79 Å². The molecule has 0 radical (unpaired) electrons. The summed E-state index contributed by atoms with van der Waals surface area (Å²) in [5.41, 5.74) is 0.783. The number of carbonyl (C=O) groups is 1. The highest BCUT2D eigenvalue weighted by Crippen LogP contribution is 2.28. The van der Waals surface area contributed by atoms with E-state index in [1.165, 1.54) is 0 Å². The molecule has 6 nitrogen and oxygen atoms in total. The fraction of sp³-hybridized carbons (Fsp3) is 0.333. The number of amides is 1. The molecule has 2 aromatic rings. The monoisotopic (exact) mass is 326 g/mol. The van der Waals surface area contributed by atoms with Crippen LogP contribution in [0.25, 0.3) is 10.8 Å². The quantitative estimate of drug-likeness (QED) is 0.844. The summed E-state index contributed by atoms with van der Waals surface area (Å²) in [6.07, 6.45) is -1.11. The van der Waals surface area contributed by atoms with E-state index in [1.54, 1.807) is 18.9 Å². The molecule has 0 spiro atoms. The van der Waals surface area contributed by atoms with E-state index in [2.05, 4.69) is 0 Å². The normalized spacial score (nSPS) is 18.3. The summed E-state index contributed by atoms with van der Waals surface area (Å²) in [6, 6.07) is 13.4. The molecule has 0 bridgehead atoms. The average Bonchev–Trinajstić information content (AvgIpc) is 2.95. The van der Waals surface area contributed by atoms with Gasteiger partial charge in [0.2, 0.25) is 0 Å². The summed E-state index contributed by atoms with van der Waals surface area (Å²) in [6.45, 7) is 2.55. The molecule has 0 N–H and O–H groups in total. The maximum atomic E-state index is 12.0. The first-order chi connectivity index (χ1) is 11.6. The Morgan fingerprint density at radius 2 is 2.08 bits per heavy atom. The third kappa shape index (κ3) is 3.26. The smallest absolute Gasteiger partial charge is 0.414 e. The Bertz CT molecular complexity index is 799. The summed E-state index contributed by atoms with van der Waals surface area (Å²) in [5.74, 6) is 0.644. The van der Waals surface area contributed by atoms with Crippen molar-refractivity contribution in [3.8, 4) is 11.8 Å². The van der Waals surface area contributed by atoms with Crippen LogP contribution in [0.5, 0.6) is 5.75 Å². The van der Waals surface area contributed by atoms with Crippen LogP contribution < -0.4 is 9.64 Å². The second kappa shape index (κ2) is 6.77. The van der Waals surface area contributed by atoms with E-state index in [4.69, 9.17) is 19.5 Å². The highest BCUT2D eigenvalue weighted by molar-refractivity contribution is 5.94. The molecule has 1 aliphatic rings. The number of nitriles is 1. The third-order valence-electron chi connectivity index (χ3n) is 3.83. The van der Waals surface area contributed by atoms with Gasteiger partial charge in [-0.2, -0.15) is 5.26 Å². The first-order valence-electron chi connectivity index (χ1n) is 7.68. The van der Waals surface area contributed by atoms with Crippen molar-refractivity contribution in [3.05, 3.63) is 36.4 Å². The van der Waals surface area contributed by atoms with Crippen LogP contribution in [0.15, 0.2) is 36.4 Å². The van der Waals surface area contributed by atoms with Gasteiger partial charge in [-0.15, -0.1) is 0 Å². The minimum absolute atomic E-state index is 0.249. The predicted molar refractivity (Wildman–Crippen MR) is 89.1 cm³/mol. The lowest BCUT2D eigenvalue weighted by atomic mass is 10.1. The largest absolute Gasteiger partial charge is 0.476 e. The van der Waals surface area contributed by atoms with Crippen LogP contribution in [0, 0.1) is 11.3 Å². The molecule has 1 amide bonds. The molecule has 3 rings (SSSR count). The Morgan fingerprint density at radius 3 is 2.83 bits per heavy atom. The van der Waals surface area contributed by atoms with Crippen LogP contribution >= 0.6 is 0 Å². The number of hydrogen-bond acceptors (Lipinski definition) is 5. The lowest BCUT2D eigenvalue weighted by Crippen LogP contribution is -2.25. The van der Waals surface area contributed by atoms with E-state index >= 15 is 0 Å². The van der Waals surface area contributed by atoms with Gasteiger partial charge in [0.1, 0.15) is 17.9 Å². The molecule has 1 aliphatic heterocycles. The van der Waals surface area contributed by atoms with Crippen LogP contribution in [-0.2, 0) is 9.47 Å². The molecule has 2 atom stereocenters. The first kappa shape index (κ1) is 16.1. The van der Waals surface area contributed by atoms with Gasteiger partial charge in [-0.3, -0.25) is 4.90 Å². The molecule has 2 unspecified atom stereocenters. The number of fused-ring (bicyclic) bond motifs is 1. The van der Waals surface area contributed by atoms with E-state index in [-0.39, 0.29) is 12.2 Å². The molecule has 1 heterocycles. The lowest BCUT2D eigenvalue weighted by molar-refractivity contribution is 0.0718. The average molecular weight is 326 g/mol. The molecule has 1 fully saturated rings. The van der Waals surface area contributed by atoms with Crippen LogP contribution in [0.2, 0.25) is 0 Å². The standard InChI is InChI=1S/C18H18N2O4/c1-12(9-19)23-16-6-4-13-7-15(5-3-14(13)8-16)20-10-17(11-22-2)24-18(20)21/h3-8,12,17H,10-11H2,1-2H3. The molecule has 0 saturated carbocycles. The van der Waals surface area contributed by atoms with Gasteiger partial charge in [-0.1, -0.05) is 12.1 Å². The molecule has 6 heteroatoms. The van der Waals surface area contributed by atoms with Gasteiger partial charge in [-0.05, 0) is 42.0 Å². The molecule has 1 saturated heterocycles. The maximum Gasteiger partial charge on any atom is 0.414 e. The van der Waals surface area contributed by atoms with Gasteiger partial charge in [0.25, 0.3) is 0 Å². The van der Waals surface area contributed by atoms with Crippen molar-refractivity contribution in [2.75, 3.05) is 25.2 Å². The molecular weight excluding hydrogens is 308 g/mol. The van der Waals surface area contributed by atoms with Crippen molar-refractivity contribution in [3.63, 3.8) is 0 Å². The SMILES string of the molecule is COCC1CN(c2ccc3cc(OC(C)C#N)ccc3c2)C(=O)O1. The van der Waals surface area contributed by atoms with Crippen molar-refractivity contribution in [2.45, 2.75) is 19.1 Å². The summed E-state index contributed by atoms with van der Waals surface area (Å²) in [5, 5.41) is 10.8. The van der Waals surface area contributed by atoms with Crippen LogP contribution in [0.3, 0.4) is 0 Å². The van der Waals surface area contributed by atoms with Crippen molar-refractivity contribution in [1.82, 2.24) is 0 Å². The van der Waals surface area contributed by atoms with E-state index in [0.717, 1.165) is 16.5 Å². The lowest BCUT2D eigenvalue weighted by Gasteiger charge is -2.14. The van der Waals surface area contributed by atoms with Crippen molar-refractivity contribution in [2.24, 2.45) is 0 Å². The zero-order valence-corrected chi connectivity index (χ0v) is 13.6. The number of benzene rings is 2. The molecule has 0 aromatic heterocycles. The van der Waals surface area contributed by atoms with E-state index in [0.29, 0.717) is 18.9 Å². The zero-order valence-electron chi connectivity index (χ0n) is 13.6. The van der Waals surface area contributed by atoms with Gasteiger partial charge in [0, 0.05) is 12.8 Å². The number of hydrogen-bond donors (Lipinski definition) is 0. The van der Waals surface area contributed by atoms with Crippen molar-refractivity contribution in [1.29, 1.82) is 5.26 Å². The maximum absolute atomic E-state index is 12.0. The second-order valence-electron chi connectivity index (χ2n) is 5.65. The highest BCUT2D eigenvalue weighted by atomic mass is 16.6. The predicted octanol–water partition coefficient (Wildman–Crippen LogP) is 3.10. The van der Waals surface area contributed by atoms with E-state index < -0.39 is 6.10 Å². The highest BCUT2D eigenvalue weighted by Gasteiger charge is 2.32. The molecule has 24 heavy (non-hydrogen) atoms. The first-order valence-corrected chi connectivity index (χ1v) is 7.68. The van der Waals surface area contributed by atoms with Gasteiger partial charge in [0.15, 0.2) is 6.10 Å². The van der Waals surface area contributed by atoms with Gasteiger partial charge < -0.3 is 14.2 Å². The molecule has 2 aromatic carbocycles. The minimum atomic E-state index is -0.501. The topological polar surface area (TPSA) is 71.8 Å². The number of anilines is 1. The van der Waals surface area contributed by atoms with Crippen LogP contribution in [-0.4, -0.2) is 38.6 Å². The Morgan fingerprint density at radius 1 is 1.33 bits per heavy atom. The number of carbonyl (C=O) groups excluding carboxylic acids is 1. The second-order valence-corrected chi connectivity index (χ2v) is 5.65. The van der Waals surface area contributed by atoms with Gasteiger partial charge in [0.05, 0.1) is 13.2 Å². The number of methoxy groups -OCH3 is 1. The summed E-state index contributed by atoms with van der Waals surface area (Å²) in [4.78, 5) is 13.6. The molecular formula is C18H18N2O4. The van der Waals surface area contributed by atoms with Crippen LogP contribution in [0.4, 0.5) is 10.5 Å². The fourth-order valence-corrected chi connectivity index (χ4v) is 2.69. The summed E-state index contributed by atoms with van der Waals surface area (Å²) >= 11 is 0. The van der Waals surface area contributed by atoms with E-state index in [1.807, 2.05) is 42.5 Å². The molecule has 124 valence electrons.